The average molecular weight is 289 g/mol. The Kier molecular flexibility index (Phi) is 3.92. The van der Waals surface area contributed by atoms with Crippen LogP contribution in [-0.4, -0.2) is 12.6 Å². The van der Waals surface area contributed by atoms with Crippen LogP contribution in [0.2, 0.25) is 5.02 Å². The molecule has 3 nitrogen and oxygen atoms in total. The number of hydrazine groups is 1. The molecular weight excluding hydrogens is 272 g/mol. The molecule has 2 aromatic carbocycles. The summed E-state index contributed by atoms with van der Waals surface area (Å²) in [4.78, 5) is 0. The average Bonchev–Trinajstić information content (AvgIpc) is 2.91. The Balaban J connectivity index is 1.79. The molecule has 0 aliphatic carbocycles. The second-order valence-corrected chi connectivity index (χ2v) is 5.50. The third-order valence-electron chi connectivity index (χ3n) is 3.81. The third kappa shape index (κ3) is 2.66. The fourth-order valence-corrected chi connectivity index (χ4v) is 2.84. The zero-order valence-electron chi connectivity index (χ0n) is 11.1. The number of para-hydroxylation sites is 1. The molecule has 3 rings (SSSR count). The van der Waals surface area contributed by atoms with Gasteiger partial charge < -0.3 is 4.74 Å². The first kappa shape index (κ1) is 13.4. The van der Waals surface area contributed by atoms with Gasteiger partial charge in [0.15, 0.2) is 0 Å². The van der Waals surface area contributed by atoms with Crippen LogP contribution in [0, 0.1) is 0 Å². The number of hydrogen-bond acceptors (Lipinski definition) is 3. The van der Waals surface area contributed by atoms with E-state index in [1.807, 2.05) is 42.5 Å². The smallest absolute Gasteiger partial charge is 0.122 e. The number of benzene rings is 2. The van der Waals surface area contributed by atoms with Gasteiger partial charge in [-0.15, -0.1) is 0 Å². The minimum atomic E-state index is 0.139. The summed E-state index contributed by atoms with van der Waals surface area (Å²) in [5.41, 5.74) is 5.37. The van der Waals surface area contributed by atoms with Crippen molar-refractivity contribution in [1.29, 1.82) is 0 Å². The lowest BCUT2D eigenvalue weighted by atomic mass is 9.89. The van der Waals surface area contributed by atoms with Crippen LogP contribution in [0.3, 0.4) is 0 Å². The Bertz CT molecular complexity index is 585. The summed E-state index contributed by atoms with van der Waals surface area (Å²) in [6.45, 7) is 0.668. The van der Waals surface area contributed by atoms with E-state index in [1.54, 1.807) is 0 Å². The first-order chi connectivity index (χ1) is 9.78. The molecule has 1 aliphatic heterocycles. The molecule has 0 aromatic heterocycles. The number of rotatable bonds is 4. The molecule has 1 aliphatic rings. The number of nitrogens with two attached hydrogens (primary N) is 1. The molecule has 1 heterocycles. The number of hydrogen-bond donors (Lipinski definition) is 2. The number of halogens is 1. The highest BCUT2D eigenvalue weighted by Gasteiger charge is 2.30. The molecule has 20 heavy (non-hydrogen) atoms. The van der Waals surface area contributed by atoms with Gasteiger partial charge in [-0.2, -0.15) is 0 Å². The van der Waals surface area contributed by atoms with Gasteiger partial charge >= 0.3 is 0 Å². The molecule has 2 unspecified atom stereocenters. The van der Waals surface area contributed by atoms with E-state index in [0.29, 0.717) is 6.61 Å². The van der Waals surface area contributed by atoms with Crippen LogP contribution in [0.4, 0.5) is 0 Å². The quantitative estimate of drug-likeness (QED) is 0.672. The number of fused-ring (bicyclic) bond motifs is 1. The molecule has 0 spiro atoms. The second-order valence-electron chi connectivity index (χ2n) is 5.06. The van der Waals surface area contributed by atoms with Gasteiger partial charge in [-0.25, -0.2) is 0 Å². The lowest BCUT2D eigenvalue weighted by molar-refractivity contribution is 0.297. The molecule has 0 saturated heterocycles. The summed E-state index contributed by atoms with van der Waals surface area (Å²) in [6, 6.07) is 16.2. The molecule has 0 radical (unpaired) electrons. The Hall–Kier alpha value is -1.55. The van der Waals surface area contributed by atoms with E-state index in [4.69, 9.17) is 22.2 Å². The Morgan fingerprint density at radius 3 is 2.70 bits per heavy atom. The van der Waals surface area contributed by atoms with Crippen LogP contribution in [0.25, 0.3) is 0 Å². The molecule has 4 heteroatoms. The van der Waals surface area contributed by atoms with Crippen LogP contribution >= 0.6 is 11.6 Å². The highest BCUT2D eigenvalue weighted by Crippen LogP contribution is 2.36. The molecule has 3 N–H and O–H groups in total. The normalized spacial score (nSPS) is 18.4. The van der Waals surface area contributed by atoms with Crippen molar-refractivity contribution in [2.24, 2.45) is 5.84 Å². The highest BCUT2D eigenvalue weighted by atomic mass is 35.5. The maximum atomic E-state index is 5.92. The lowest BCUT2D eigenvalue weighted by Gasteiger charge is -2.22. The first-order valence-corrected chi connectivity index (χ1v) is 7.08. The second kappa shape index (κ2) is 5.83. The van der Waals surface area contributed by atoms with Gasteiger partial charge in [0.05, 0.1) is 6.61 Å². The summed E-state index contributed by atoms with van der Waals surface area (Å²) in [5, 5.41) is 0.751. The summed E-state index contributed by atoms with van der Waals surface area (Å²) >= 11 is 5.92. The van der Waals surface area contributed by atoms with Crippen molar-refractivity contribution in [3.8, 4) is 5.75 Å². The molecule has 0 fully saturated rings. The van der Waals surface area contributed by atoms with Crippen LogP contribution in [0.1, 0.15) is 17.0 Å². The highest BCUT2D eigenvalue weighted by molar-refractivity contribution is 6.30. The van der Waals surface area contributed by atoms with Crippen molar-refractivity contribution >= 4 is 11.6 Å². The molecule has 0 amide bonds. The van der Waals surface area contributed by atoms with Crippen molar-refractivity contribution in [3.63, 3.8) is 0 Å². The largest absolute Gasteiger partial charge is 0.493 e. The molecule has 2 atom stereocenters. The summed E-state index contributed by atoms with van der Waals surface area (Å²) in [6.07, 6.45) is 0.843. The van der Waals surface area contributed by atoms with Gasteiger partial charge in [0.2, 0.25) is 0 Å². The molecule has 0 bridgehead atoms. The Labute approximate surface area is 123 Å². The maximum absolute atomic E-state index is 5.92. The van der Waals surface area contributed by atoms with E-state index in [1.165, 1.54) is 11.1 Å². The van der Waals surface area contributed by atoms with Crippen molar-refractivity contribution in [2.75, 3.05) is 6.61 Å². The molecular formula is C16H17ClN2O. The topological polar surface area (TPSA) is 47.3 Å². The summed E-state index contributed by atoms with van der Waals surface area (Å²) in [5.74, 6) is 6.99. The monoisotopic (exact) mass is 288 g/mol. The van der Waals surface area contributed by atoms with E-state index in [-0.39, 0.29) is 12.0 Å². The van der Waals surface area contributed by atoms with Gasteiger partial charge in [0, 0.05) is 22.5 Å². The molecule has 2 aromatic rings. The van der Waals surface area contributed by atoms with Crippen LogP contribution < -0.4 is 16.0 Å². The van der Waals surface area contributed by atoms with Crippen LogP contribution in [0.5, 0.6) is 5.75 Å². The SMILES string of the molecule is NNC(Cc1ccc(Cl)cc1)C1COc2ccccc21. The fourth-order valence-electron chi connectivity index (χ4n) is 2.71. The van der Waals surface area contributed by atoms with Crippen molar-refractivity contribution in [2.45, 2.75) is 18.4 Å². The van der Waals surface area contributed by atoms with E-state index in [0.717, 1.165) is 17.2 Å². The first-order valence-electron chi connectivity index (χ1n) is 6.70. The summed E-state index contributed by atoms with van der Waals surface area (Å²) in [7, 11) is 0. The zero-order chi connectivity index (χ0) is 13.9. The van der Waals surface area contributed by atoms with Crippen LogP contribution in [-0.2, 0) is 6.42 Å². The maximum Gasteiger partial charge on any atom is 0.122 e. The standard InChI is InChI=1S/C16H17ClN2O/c17-12-7-5-11(6-8-12)9-15(19-18)14-10-20-16-4-2-1-3-13(14)16/h1-8,14-15,19H,9-10,18H2. The Morgan fingerprint density at radius 2 is 1.95 bits per heavy atom. The van der Waals surface area contributed by atoms with Crippen molar-refractivity contribution < 1.29 is 4.74 Å². The molecule has 0 saturated carbocycles. The number of nitrogens with one attached hydrogen (secondary N) is 1. The van der Waals surface area contributed by atoms with Crippen molar-refractivity contribution in [3.05, 3.63) is 64.7 Å². The Morgan fingerprint density at radius 1 is 1.20 bits per heavy atom. The third-order valence-corrected chi connectivity index (χ3v) is 4.06. The van der Waals surface area contributed by atoms with Crippen LogP contribution in [0.15, 0.2) is 48.5 Å². The number of ether oxygens (including phenoxy) is 1. The molecule has 104 valence electrons. The van der Waals surface area contributed by atoms with Crippen molar-refractivity contribution in [1.82, 2.24) is 5.43 Å². The summed E-state index contributed by atoms with van der Waals surface area (Å²) < 4.78 is 5.73. The van der Waals surface area contributed by atoms with Gasteiger partial charge in [-0.1, -0.05) is 41.9 Å². The van der Waals surface area contributed by atoms with Gasteiger partial charge in [-0.05, 0) is 30.2 Å². The fraction of sp³-hybridized carbons (Fsp3) is 0.250. The zero-order valence-corrected chi connectivity index (χ0v) is 11.8. The minimum absolute atomic E-state index is 0.139. The van der Waals surface area contributed by atoms with E-state index < -0.39 is 0 Å². The lowest BCUT2D eigenvalue weighted by Crippen LogP contribution is -2.42. The van der Waals surface area contributed by atoms with E-state index >= 15 is 0 Å². The van der Waals surface area contributed by atoms with Gasteiger partial charge in [0.1, 0.15) is 5.75 Å². The predicted molar refractivity (Wildman–Crippen MR) is 80.9 cm³/mol. The van der Waals surface area contributed by atoms with Gasteiger partial charge in [-0.3, -0.25) is 11.3 Å². The van der Waals surface area contributed by atoms with Gasteiger partial charge in [0.25, 0.3) is 0 Å². The predicted octanol–water partition coefficient (Wildman–Crippen LogP) is 2.89. The van der Waals surface area contributed by atoms with E-state index in [9.17, 15) is 0 Å². The van der Waals surface area contributed by atoms with E-state index in [2.05, 4.69) is 11.5 Å². The minimum Gasteiger partial charge on any atom is -0.493 e.